The number of hydrogen-bond acceptors (Lipinski definition) is 7. The summed E-state index contributed by atoms with van der Waals surface area (Å²) in [5.41, 5.74) is 3.81. The predicted molar refractivity (Wildman–Crippen MR) is 140 cm³/mol. The van der Waals surface area contributed by atoms with E-state index in [0.29, 0.717) is 13.1 Å². The van der Waals surface area contributed by atoms with E-state index in [1.807, 2.05) is 16.8 Å². The summed E-state index contributed by atoms with van der Waals surface area (Å²) in [5, 5.41) is 13.6. The standard InChI is InChI=1S/C25H37N7O2.ClH/c1-6-25(4,5)32-23(27-28-29-32)17-31(8-7-30-9-11-34-12-10-30)16-21-15-20-13-18(2)19(3)14-22(20)26-24(21)33;/h13-15H,6-12,16-17H2,1-5H3,(H,26,33);1H. The van der Waals surface area contributed by atoms with Crippen LogP contribution in [0.4, 0.5) is 0 Å². The number of nitrogens with zero attached hydrogens (tertiary/aromatic N) is 6. The van der Waals surface area contributed by atoms with E-state index < -0.39 is 0 Å². The van der Waals surface area contributed by atoms with Gasteiger partial charge >= 0.3 is 0 Å². The number of H-pyrrole nitrogens is 1. The molecule has 0 radical (unpaired) electrons. The van der Waals surface area contributed by atoms with Crippen LogP contribution in [0.25, 0.3) is 10.9 Å². The monoisotopic (exact) mass is 503 g/mol. The van der Waals surface area contributed by atoms with Crippen LogP contribution in [-0.4, -0.2) is 74.4 Å². The van der Waals surface area contributed by atoms with Crippen LogP contribution in [0.3, 0.4) is 0 Å². The molecule has 3 heterocycles. The van der Waals surface area contributed by atoms with Crippen molar-refractivity contribution in [2.45, 2.75) is 59.7 Å². The van der Waals surface area contributed by atoms with Crippen molar-refractivity contribution in [2.75, 3.05) is 39.4 Å². The average Bonchev–Trinajstić information content (AvgIpc) is 3.29. The summed E-state index contributed by atoms with van der Waals surface area (Å²) in [6.45, 7) is 16.8. The number of aryl methyl sites for hydroxylation is 2. The molecule has 0 bridgehead atoms. The minimum Gasteiger partial charge on any atom is -0.379 e. The zero-order valence-electron chi connectivity index (χ0n) is 21.5. The summed E-state index contributed by atoms with van der Waals surface area (Å²) in [4.78, 5) is 20.8. The molecule has 35 heavy (non-hydrogen) atoms. The Morgan fingerprint density at radius 1 is 1.11 bits per heavy atom. The summed E-state index contributed by atoms with van der Waals surface area (Å²) in [6, 6.07) is 6.22. The van der Waals surface area contributed by atoms with E-state index in [-0.39, 0.29) is 23.5 Å². The molecular weight excluding hydrogens is 466 g/mol. The van der Waals surface area contributed by atoms with E-state index in [1.54, 1.807) is 0 Å². The Morgan fingerprint density at radius 2 is 1.83 bits per heavy atom. The number of fused-ring (bicyclic) bond motifs is 1. The highest BCUT2D eigenvalue weighted by atomic mass is 35.5. The number of benzene rings is 1. The molecule has 2 aromatic heterocycles. The molecule has 0 unspecified atom stereocenters. The Hall–Kier alpha value is -2.33. The molecule has 1 saturated heterocycles. The summed E-state index contributed by atoms with van der Waals surface area (Å²) < 4.78 is 7.42. The quantitative estimate of drug-likeness (QED) is 0.479. The second-order valence-electron chi connectivity index (χ2n) is 9.98. The fraction of sp³-hybridized carbons (Fsp3) is 0.600. The van der Waals surface area contributed by atoms with Crippen molar-refractivity contribution in [3.63, 3.8) is 0 Å². The van der Waals surface area contributed by atoms with Crippen LogP contribution in [0.5, 0.6) is 0 Å². The molecule has 1 aliphatic rings. The molecule has 0 amide bonds. The van der Waals surface area contributed by atoms with E-state index in [2.05, 4.69) is 71.0 Å². The predicted octanol–water partition coefficient (Wildman–Crippen LogP) is 3.03. The van der Waals surface area contributed by atoms with Crippen molar-refractivity contribution in [1.29, 1.82) is 0 Å². The van der Waals surface area contributed by atoms with Gasteiger partial charge in [-0.2, -0.15) is 0 Å². The van der Waals surface area contributed by atoms with E-state index in [9.17, 15) is 4.79 Å². The van der Waals surface area contributed by atoms with Crippen molar-refractivity contribution >= 4 is 23.3 Å². The van der Waals surface area contributed by atoms with E-state index in [1.165, 1.54) is 11.1 Å². The first-order valence-corrected chi connectivity index (χ1v) is 12.2. The lowest BCUT2D eigenvalue weighted by atomic mass is 10.0. The van der Waals surface area contributed by atoms with Crippen LogP contribution < -0.4 is 5.56 Å². The van der Waals surface area contributed by atoms with Crippen molar-refractivity contribution in [1.82, 2.24) is 35.0 Å². The maximum absolute atomic E-state index is 13.0. The molecule has 1 aromatic carbocycles. The van der Waals surface area contributed by atoms with Crippen LogP contribution in [0.15, 0.2) is 23.0 Å². The van der Waals surface area contributed by atoms with Gasteiger partial charge in [0.05, 0.1) is 25.3 Å². The maximum Gasteiger partial charge on any atom is 0.252 e. The molecule has 192 valence electrons. The van der Waals surface area contributed by atoms with Gasteiger partial charge < -0.3 is 9.72 Å². The number of aromatic amines is 1. The summed E-state index contributed by atoms with van der Waals surface area (Å²) in [7, 11) is 0. The first-order chi connectivity index (χ1) is 16.3. The van der Waals surface area contributed by atoms with Gasteiger partial charge in [-0.15, -0.1) is 17.5 Å². The number of halogens is 1. The highest BCUT2D eigenvalue weighted by Gasteiger charge is 2.25. The molecule has 10 heteroatoms. The molecule has 3 aromatic rings. The smallest absolute Gasteiger partial charge is 0.252 e. The lowest BCUT2D eigenvalue weighted by molar-refractivity contribution is 0.0321. The molecule has 4 rings (SSSR count). The second kappa shape index (κ2) is 11.6. The van der Waals surface area contributed by atoms with Gasteiger partial charge in [-0.1, -0.05) is 6.92 Å². The van der Waals surface area contributed by atoms with Gasteiger partial charge in [-0.05, 0) is 79.3 Å². The Morgan fingerprint density at radius 3 is 2.54 bits per heavy atom. The van der Waals surface area contributed by atoms with Gasteiger partial charge in [0.1, 0.15) is 0 Å². The zero-order valence-corrected chi connectivity index (χ0v) is 22.3. The largest absolute Gasteiger partial charge is 0.379 e. The van der Waals surface area contributed by atoms with Gasteiger partial charge in [0.2, 0.25) is 0 Å². The van der Waals surface area contributed by atoms with Crippen LogP contribution in [0.1, 0.15) is 49.7 Å². The van der Waals surface area contributed by atoms with Crippen LogP contribution in [0, 0.1) is 13.8 Å². The Balaban J connectivity index is 0.00000342. The van der Waals surface area contributed by atoms with E-state index in [0.717, 1.165) is 68.1 Å². The van der Waals surface area contributed by atoms with Gasteiger partial charge in [0.25, 0.3) is 5.56 Å². The third kappa shape index (κ3) is 6.46. The number of ether oxygens (including phenoxy) is 1. The number of pyridine rings is 1. The molecule has 9 nitrogen and oxygen atoms in total. The fourth-order valence-corrected chi connectivity index (χ4v) is 4.33. The third-order valence-corrected chi connectivity index (χ3v) is 7.10. The van der Waals surface area contributed by atoms with Crippen molar-refractivity contribution in [2.24, 2.45) is 0 Å². The number of tetrazole rings is 1. The number of nitrogens with one attached hydrogen (secondary N) is 1. The maximum atomic E-state index is 13.0. The van der Waals surface area contributed by atoms with Gasteiger partial charge in [-0.3, -0.25) is 14.6 Å². The lowest BCUT2D eigenvalue weighted by Gasteiger charge is -2.30. The summed E-state index contributed by atoms with van der Waals surface area (Å²) >= 11 is 0. The highest BCUT2D eigenvalue weighted by Crippen LogP contribution is 2.21. The molecule has 1 N–H and O–H groups in total. The Bertz CT molecular complexity index is 1180. The fourth-order valence-electron chi connectivity index (χ4n) is 4.33. The van der Waals surface area contributed by atoms with Crippen molar-refractivity contribution in [3.8, 4) is 0 Å². The van der Waals surface area contributed by atoms with Gasteiger partial charge in [0.15, 0.2) is 5.82 Å². The number of aromatic nitrogens is 5. The van der Waals surface area contributed by atoms with E-state index in [4.69, 9.17) is 4.74 Å². The Kier molecular flexibility index (Phi) is 9.04. The molecular formula is C25H38ClN7O2. The topological polar surface area (TPSA) is 92.2 Å². The number of rotatable bonds is 9. The van der Waals surface area contributed by atoms with Crippen molar-refractivity contribution in [3.05, 3.63) is 51.1 Å². The van der Waals surface area contributed by atoms with Crippen LogP contribution in [-0.2, 0) is 23.4 Å². The number of morpholine rings is 1. The molecule has 0 atom stereocenters. The van der Waals surface area contributed by atoms with Crippen LogP contribution in [0.2, 0.25) is 0 Å². The Labute approximate surface area is 213 Å². The SMILES string of the molecule is CCC(C)(C)n1nnnc1CN(CCN1CCOCC1)Cc1cc2cc(C)c(C)cc2[nH]c1=O.Cl. The van der Waals surface area contributed by atoms with Gasteiger partial charge in [-0.25, -0.2) is 4.68 Å². The number of hydrogen-bond donors (Lipinski definition) is 1. The molecule has 1 fully saturated rings. The van der Waals surface area contributed by atoms with Gasteiger partial charge in [0, 0.05) is 43.8 Å². The average molecular weight is 504 g/mol. The molecule has 0 saturated carbocycles. The lowest BCUT2D eigenvalue weighted by Crippen LogP contribution is -2.42. The van der Waals surface area contributed by atoms with E-state index >= 15 is 0 Å². The normalized spacial score (nSPS) is 15.0. The van der Waals surface area contributed by atoms with Crippen LogP contribution >= 0.6 is 12.4 Å². The molecule has 1 aliphatic heterocycles. The summed E-state index contributed by atoms with van der Waals surface area (Å²) in [6.07, 6.45) is 0.919. The molecule has 0 spiro atoms. The first kappa shape index (κ1) is 27.3. The first-order valence-electron chi connectivity index (χ1n) is 12.2. The minimum atomic E-state index is -0.176. The second-order valence-corrected chi connectivity index (χ2v) is 9.98. The van der Waals surface area contributed by atoms with Crippen molar-refractivity contribution < 1.29 is 4.74 Å². The molecule has 0 aliphatic carbocycles. The third-order valence-electron chi connectivity index (χ3n) is 7.10. The highest BCUT2D eigenvalue weighted by molar-refractivity contribution is 5.85. The summed E-state index contributed by atoms with van der Waals surface area (Å²) in [5.74, 6) is 0.817. The zero-order chi connectivity index (χ0) is 24.3. The minimum absolute atomic E-state index is 0.